The summed E-state index contributed by atoms with van der Waals surface area (Å²) in [7, 11) is 0. The highest BCUT2D eigenvalue weighted by Gasteiger charge is 2.14. The predicted molar refractivity (Wildman–Crippen MR) is 80.1 cm³/mol. The molecular weight excluding hydrogens is 251 g/mol. The van der Waals surface area contributed by atoms with Crippen LogP contribution in [0.4, 0.5) is 4.39 Å². The van der Waals surface area contributed by atoms with Crippen molar-refractivity contribution >= 4 is 0 Å². The first kappa shape index (κ1) is 14.7. The van der Waals surface area contributed by atoms with Crippen LogP contribution in [0.2, 0.25) is 0 Å². The lowest BCUT2D eigenvalue weighted by molar-refractivity contribution is 0.525. The fourth-order valence-electron chi connectivity index (χ4n) is 2.31. The van der Waals surface area contributed by atoms with Gasteiger partial charge in [0.1, 0.15) is 5.82 Å². The summed E-state index contributed by atoms with van der Waals surface area (Å²) in [5.74, 6) is -0.190. The summed E-state index contributed by atoms with van der Waals surface area (Å²) in [5, 5.41) is 3.56. The summed E-state index contributed by atoms with van der Waals surface area (Å²) in [4.78, 5) is 4.23. The number of aromatic nitrogens is 1. The van der Waals surface area contributed by atoms with Crippen LogP contribution in [0.3, 0.4) is 0 Å². The van der Waals surface area contributed by atoms with Crippen LogP contribution in [-0.2, 0) is 6.42 Å². The first-order valence-electron chi connectivity index (χ1n) is 7.09. The van der Waals surface area contributed by atoms with Crippen molar-refractivity contribution in [1.82, 2.24) is 10.3 Å². The average Bonchev–Trinajstić information content (AvgIpc) is 2.46. The van der Waals surface area contributed by atoms with Gasteiger partial charge >= 0.3 is 0 Å². The predicted octanol–water partition coefficient (Wildman–Crippen LogP) is 3.81. The normalized spacial score (nSPS) is 12.3. The Kier molecular flexibility index (Phi) is 5.24. The highest BCUT2D eigenvalue weighted by molar-refractivity contribution is 5.28. The minimum Gasteiger partial charge on any atom is -0.310 e. The fraction of sp³-hybridized carbons (Fsp3) is 0.353. The minimum absolute atomic E-state index is 0.190. The highest BCUT2D eigenvalue weighted by Crippen LogP contribution is 2.21. The van der Waals surface area contributed by atoms with Gasteiger partial charge in [0.25, 0.3) is 0 Å². The molecule has 1 heterocycles. The van der Waals surface area contributed by atoms with Gasteiger partial charge in [0.05, 0.1) is 0 Å². The van der Waals surface area contributed by atoms with Crippen LogP contribution in [0.25, 0.3) is 0 Å². The lowest BCUT2D eigenvalue weighted by atomic mass is 9.97. The summed E-state index contributed by atoms with van der Waals surface area (Å²) in [6, 6.07) is 8.98. The zero-order valence-corrected chi connectivity index (χ0v) is 12.1. The molecule has 1 aromatic carbocycles. The van der Waals surface area contributed by atoms with Crippen molar-refractivity contribution in [1.29, 1.82) is 0 Å². The van der Waals surface area contributed by atoms with Crippen LogP contribution in [0.15, 0.2) is 42.7 Å². The Hall–Kier alpha value is -1.74. The number of halogens is 1. The molecular formula is C17H21FN2. The quantitative estimate of drug-likeness (QED) is 0.865. The van der Waals surface area contributed by atoms with E-state index in [4.69, 9.17) is 0 Å². The first-order valence-corrected chi connectivity index (χ1v) is 7.09. The van der Waals surface area contributed by atoms with Crippen molar-refractivity contribution in [3.05, 3.63) is 65.2 Å². The van der Waals surface area contributed by atoms with E-state index in [0.717, 1.165) is 24.9 Å². The van der Waals surface area contributed by atoms with E-state index in [9.17, 15) is 4.39 Å². The molecule has 2 nitrogen and oxygen atoms in total. The second kappa shape index (κ2) is 7.15. The Balaban J connectivity index is 2.19. The number of aryl methyl sites for hydroxylation is 1. The molecule has 2 aromatic rings. The van der Waals surface area contributed by atoms with Gasteiger partial charge in [0, 0.05) is 18.4 Å². The van der Waals surface area contributed by atoms with Crippen molar-refractivity contribution in [2.45, 2.75) is 32.7 Å². The summed E-state index contributed by atoms with van der Waals surface area (Å²) < 4.78 is 13.0. The maximum absolute atomic E-state index is 13.0. The van der Waals surface area contributed by atoms with Gasteiger partial charge in [0.15, 0.2) is 0 Å². The van der Waals surface area contributed by atoms with E-state index in [0.29, 0.717) is 0 Å². The molecule has 0 spiro atoms. The summed E-state index contributed by atoms with van der Waals surface area (Å²) in [6.45, 7) is 5.21. The van der Waals surface area contributed by atoms with Gasteiger partial charge in [-0.25, -0.2) is 4.39 Å². The number of pyridine rings is 1. The Labute approximate surface area is 120 Å². The molecule has 20 heavy (non-hydrogen) atoms. The molecule has 0 fully saturated rings. The maximum Gasteiger partial charge on any atom is 0.123 e. The van der Waals surface area contributed by atoms with Crippen LogP contribution >= 0.6 is 0 Å². The number of benzene rings is 1. The second-order valence-electron chi connectivity index (χ2n) is 5.07. The minimum atomic E-state index is -0.190. The molecule has 0 saturated carbocycles. The molecule has 106 valence electrons. The Morgan fingerprint density at radius 1 is 1.20 bits per heavy atom. The van der Waals surface area contributed by atoms with Crippen LogP contribution in [0.5, 0.6) is 0 Å². The SMILES string of the molecule is CCCNC(Cc1ccc(F)cc1)c1cnccc1C. The second-order valence-corrected chi connectivity index (χ2v) is 5.07. The van der Waals surface area contributed by atoms with Crippen LogP contribution in [0.1, 0.15) is 36.1 Å². The van der Waals surface area contributed by atoms with Crippen molar-refractivity contribution in [2.75, 3.05) is 6.54 Å². The largest absolute Gasteiger partial charge is 0.310 e. The average molecular weight is 272 g/mol. The smallest absolute Gasteiger partial charge is 0.123 e. The maximum atomic E-state index is 13.0. The molecule has 2 rings (SSSR count). The van der Waals surface area contributed by atoms with Gasteiger partial charge < -0.3 is 5.32 Å². The van der Waals surface area contributed by atoms with Gasteiger partial charge in [-0.2, -0.15) is 0 Å². The zero-order chi connectivity index (χ0) is 14.4. The van der Waals surface area contributed by atoms with Crippen molar-refractivity contribution in [2.24, 2.45) is 0 Å². The van der Waals surface area contributed by atoms with Gasteiger partial charge in [0.2, 0.25) is 0 Å². The van der Waals surface area contributed by atoms with Crippen LogP contribution in [-0.4, -0.2) is 11.5 Å². The molecule has 0 radical (unpaired) electrons. The van der Waals surface area contributed by atoms with Crippen molar-refractivity contribution in [3.63, 3.8) is 0 Å². The lowest BCUT2D eigenvalue weighted by Crippen LogP contribution is -2.25. The van der Waals surface area contributed by atoms with Crippen LogP contribution in [0, 0.1) is 12.7 Å². The Morgan fingerprint density at radius 3 is 2.60 bits per heavy atom. The number of hydrogen-bond donors (Lipinski definition) is 1. The topological polar surface area (TPSA) is 24.9 Å². The third-order valence-corrected chi connectivity index (χ3v) is 3.45. The molecule has 1 aromatic heterocycles. The molecule has 0 aliphatic rings. The molecule has 0 aliphatic heterocycles. The summed E-state index contributed by atoms with van der Waals surface area (Å²) >= 11 is 0. The van der Waals surface area contributed by atoms with Gasteiger partial charge in [-0.05, 0) is 61.2 Å². The van der Waals surface area contributed by atoms with Gasteiger partial charge in [-0.15, -0.1) is 0 Å². The molecule has 1 unspecified atom stereocenters. The highest BCUT2D eigenvalue weighted by atomic mass is 19.1. The van der Waals surface area contributed by atoms with E-state index in [1.807, 2.05) is 30.6 Å². The first-order chi connectivity index (χ1) is 9.70. The Morgan fingerprint density at radius 2 is 1.95 bits per heavy atom. The molecule has 0 aliphatic carbocycles. The summed E-state index contributed by atoms with van der Waals surface area (Å²) in [5.41, 5.74) is 3.57. The summed E-state index contributed by atoms with van der Waals surface area (Å²) in [6.07, 6.45) is 5.66. The molecule has 0 amide bonds. The van der Waals surface area contributed by atoms with E-state index in [1.54, 1.807) is 0 Å². The van der Waals surface area contributed by atoms with Gasteiger partial charge in [-0.3, -0.25) is 4.98 Å². The third kappa shape index (κ3) is 3.87. The van der Waals surface area contributed by atoms with Gasteiger partial charge in [-0.1, -0.05) is 19.1 Å². The third-order valence-electron chi connectivity index (χ3n) is 3.45. The van der Waals surface area contributed by atoms with Crippen LogP contribution < -0.4 is 5.32 Å². The lowest BCUT2D eigenvalue weighted by Gasteiger charge is -2.20. The number of hydrogen-bond acceptors (Lipinski definition) is 2. The van der Waals surface area contributed by atoms with Crippen molar-refractivity contribution < 1.29 is 4.39 Å². The fourth-order valence-corrected chi connectivity index (χ4v) is 2.31. The molecule has 1 atom stereocenters. The van der Waals surface area contributed by atoms with E-state index in [2.05, 4.69) is 24.1 Å². The number of nitrogens with zero attached hydrogens (tertiary/aromatic N) is 1. The standard InChI is InChI=1S/C17H21FN2/c1-3-9-20-17(16-12-19-10-8-13(16)2)11-14-4-6-15(18)7-5-14/h4-8,10,12,17,20H,3,9,11H2,1-2H3. The zero-order valence-electron chi connectivity index (χ0n) is 12.1. The van der Waals surface area contributed by atoms with E-state index in [1.165, 1.54) is 23.3 Å². The van der Waals surface area contributed by atoms with E-state index in [-0.39, 0.29) is 11.9 Å². The van der Waals surface area contributed by atoms with E-state index >= 15 is 0 Å². The monoisotopic (exact) mass is 272 g/mol. The number of nitrogens with one attached hydrogen (secondary N) is 1. The molecule has 0 bridgehead atoms. The number of rotatable bonds is 6. The van der Waals surface area contributed by atoms with Crippen molar-refractivity contribution in [3.8, 4) is 0 Å². The molecule has 1 N–H and O–H groups in total. The Bertz CT molecular complexity index is 537. The molecule has 0 saturated heterocycles. The van der Waals surface area contributed by atoms with E-state index < -0.39 is 0 Å². The molecule has 3 heteroatoms.